The van der Waals surface area contributed by atoms with Crippen LogP contribution in [0.4, 0.5) is 0 Å². The normalized spacial score (nSPS) is 22.5. The van der Waals surface area contributed by atoms with E-state index in [1.54, 1.807) is 13.0 Å². The fourth-order valence-corrected chi connectivity index (χ4v) is 3.93. The van der Waals surface area contributed by atoms with Crippen molar-refractivity contribution in [1.29, 1.82) is 0 Å². The van der Waals surface area contributed by atoms with Crippen LogP contribution in [0.2, 0.25) is 0 Å². The van der Waals surface area contributed by atoms with Crippen LogP contribution in [0.1, 0.15) is 43.0 Å². The zero-order chi connectivity index (χ0) is 19.5. The lowest BCUT2D eigenvalue weighted by atomic mass is 9.84. The molecule has 1 aliphatic heterocycles. The number of aromatic nitrogens is 4. The monoisotopic (exact) mass is 383 g/mol. The van der Waals surface area contributed by atoms with Gasteiger partial charge in [-0.25, -0.2) is 0 Å². The molecular weight excluding hydrogens is 358 g/mol. The van der Waals surface area contributed by atoms with Crippen molar-refractivity contribution in [3.63, 3.8) is 0 Å². The summed E-state index contributed by atoms with van der Waals surface area (Å²) in [6.45, 7) is 3.22. The molecule has 2 fully saturated rings. The predicted molar refractivity (Wildman–Crippen MR) is 102 cm³/mol. The fourth-order valence-electron chi connectivity index (χ4n) is 3.93. The van der Waals surface area contributed by atoms with Gasteiger partial charge in [0.05, 0.1) is 5.56 Å². The molecule has 1 aliphatic carbocycles. The first kappa shape index (κ1) is 18.5. The van der Waals surface area contributed by atoms with Gasteiger partial charge in [0.25, 0.3) is 5.91 Å². The van der Waals surface area contributed by atoms with Gasteiger partial charge in [-0.05, 0) is 37.0 Å². The van der Waals surface area contributed by atoms with Gasteiger partial charge in [0.1, 0.15) is 0 Å². The van der Waals surface area contributed by atoms with E-state index in [0.29, 0.717) is 23.0 Å². The molecular formula is C19H25N7O2. The highest BCUT2D eigenvalue weighted by Gasteiger charge is 2.35. The lowest BCUT2D eigenvalue weighted by molar-refractivity contribution is -0.129. The zero-order valence-electron chi connectivity index (χ0n) is 15.9. The van der Waals surface area contributed by atoms with Gasteiger partial charge in [0.15, 0.2) is 0 Å². The van der Waals surface area contributed by atoms with Gasteiger partial charge < -0.3 is 15.5 Å². The number of benzene rings is 1. The SMILES string of the molecule is CC(=O)N1CCC(N[C@@H]2CC[C@@H]2NC(=O)c2ccccc2-c2nn[nH]n2)CC1. The van der Waals surface area contributed by atoms with Crippen LogP contribution in [0.3, 0.4) is 0 Å². The predicted octanol–water partition coefficient (Wildman–Crippen LogP) is 0.728. The second-order valence-electron chi connectivity index (χ2n) is 7.49. The van der Waals surface area contributed by atoms with Crippen LogP contribution in [-0.2, 0) is 4.79 Å². The number of piperidine rings is 1. The Labute approximate surface area is 163 Å². The van der Waals surface area contributed by atoms with Gasteiger partial charge in [-0.1, -0.05) is 18.2 Å². The molecule has 1 saturated carbocycles. The summed E-state index contributed by atoms with van der Waals surface area (Å²) in [6, 6.07) is 8.05. The number of amides is 2. The van der Waals surface area contributed by atoms with Crippen molar-refractivity contribution < 1.29 is 9.59 Å². The van der Waals surface area contributed by atoms with E-state index in [4.69, 9.17) is 0 Å². The average molecular weight is 383 g/mol. The summed E-state index contributed by atoms with van der Waals surface area (Å²) in [7, 11) is 0. The van der Waals surface area contributed by atoms with Crippen LogP contribution in [0, 0.1) is 0 Å². The first-order valence-electron chi connectivity index (χ1n) is 9.77. The highest BCUT2D eigenvalue weighted by atomic mass is 16.2. The first-order valence-corrected chi connectivity index (χ1v) is 9.77. The lowest BCUT2D eigenvalue weighted by Crippen LogP contribution is -2.60. The van der Waals surface area contributed by atoms with Gasteiger partial charge in [0, 0.05) is 43.7 Å². The molecule has 2 heterocycles. The second-order valence-corrected chi connectivity index (χ2v) is 7.49. The smallest absolute Gasteiger partial charge is 0.252 e. The third-order valence-corrected chi connectivity index (χ3v) is 5.74. The number of hydrogen-bond acceptors (Lipinski definition) is 6. The molecule has 2 aliphatic rings. The van der Waals surface area contributed by atoms with E-state index in [9.17, 15) is 9.59 Å². The quantitative estimate of drug-likeness (QED) is 0.701. The number of nitrogens with one attached hydrogen (secondary N) is 3. The highest BCUT2D eigenvalue weighted by molar-refractivity contribution is 6.00. The maximum Gasteiger partial charge on any atom is 0.252 e. The summed E-state index contributed by atoms with van der Waals surface area (Å²) in [5.74, 6) is 0.432. The number of carbonyl (C=O) groups is 2. The van der Waals surface area contributed by atoms with E-state index in [1.165, 1.54) is 0 Å². The maximum atomic E-state index is 12.9. The molecule has 3 N–H and O–H groups in total. The fraction of sp³-hybridized carbons (Fsp3) is 0.526. The van der Waals surface area contributed by atoms with E-state index in [1.807, 2.05) is 23.1 Å². The third-order valence-electron chi connectivity index (χ3n) is 5.74. The summed E-state index contributed by atoms with van der Waals surface area (Å²) < 4.78 is 0. The zero-order valence-corrected chi connectivity index (χ0v) is 15.9. The number of likely N-dealkylation sites (tertiary alicyclic amines) is 1. The van der Waals surface area contributed by atoms with Crippen LogP contribution in [0.5, 0.6) is 0 Å². The van der Waals surface area contributed by atoms with Gasteiger partial charge in [-0.15, -0.1) is 10.2 Å². The summed E-state index contributed by atoms with van der Waals surface area (Å²) >= 11 is 0. The van der Waals surface area contributed by atoms with Crippen molar-refractivity contribution in [2.45, 2.75) is 50.7 Å². The molecule has 0 bridgehead atoms. The van der Waals surface area contributed by atoms with Crippen molar-refractivity contribution in [3.05, 3.63) is 29.8 Å². The van der Waals surface area contributed by atoms with E-state index in [2.05, 4.69) is 31.3 Å². The summed E-state index contributed by atoms with van der Waals surface area (Å²) in [6.07, 6.45) is 3.92. The summed E-state index contributed by atoms with van der Waals surface area (Å²) in [5, 5.41) is 20.8. The molecule has 28 heavy (non-hydrogen) atoms. The largest absolute Gasteiger partial charge is 0.348 e. The van der Waals surface area contributed by atoms with Gasteiger partial charge in [-0.2, -0.15) is 5.21 Å². The average Bonchev–Trinajstić information content (AvgIpc) is 3.24. The first-order chi connectivity index (χ1) is 13.6. The van der Waals surface area contributed by atoms with Crippen LogP contribution in [0.25, 0.3) is 11.4 Å². The van der Waals surface area contributed by atoms with Crippen molar-refractivity contribution in [2.24, 2.45) is 0 Å². The van der Waals surface area contributed by atoms with Crippen molar-refractivity contribution in [1.82, 2.24) is 36.2 Å². The molecule has 4 rings (SSSR count). The minimum atomic E-state index is -0.122. The van der Waals surface area contributed by atoms with Crippen LogP contribution < -0.4 is 10.6 Å². The Hall–Kier alpha value is -2.81. The Balaban J connectivity index is 1.34. The van der Waals surface area contributed by atoms with E-state index in [-0.39, 0.29) is 23.9 Å². The molecule has 9 nitrogen and oxygen atoms in total. The maximum absolute atomic E-state index is 12.9. The number of aromatic amines is 1. The van der Waals surface area contributed by atoms with E-state index < -0.39 is 0 Å². The molecule has 148 valence electrons. The number of hydrogen-bond donors (Lipinski definition) is 3. The van der Waals surface area contributed by atoms with Crippen LogP contribution in [0.15, 0.2) is 24.3 Å². The van der Waals surface area contributed by atoms with Gasteiger partial charge >= 0.3 is 0 Å². The number of H-pyrrole nitrogens is 1. The minimum absolute atomic E-state index is 0.108. The molecule has 1 aromatic heterocycles. The van der Waals surface area contributed by atoms with Crippen molar-refractivity contribution in [2.75, 3.05) is 13.1 Å². The minimum Gasteiger partial charge on any atom is -0.348 e. The molecule has 0 unspecified atom stereocenters. The van der Waals surface area contributed by atoms with Crippen molar-refractivity contribution >= 4 is 11.8 Å². The Morgan fingerprint density at radius 3 is 2.50 bits per heavy atom. The molecule has 2 amide bonds. The van der Waals surface area contributed by atoms with E-state index in [0.717, 1.165) is 38.8 Å². The molecule has 9 heteroatoms. The summed E-state index contributed by atoms with van der Waals surface area (Å²) in [5.41, 5.74) is 1.21. The number of rotatable bonds is 5. The number of tetrazole rings is 1. The highest BCUT2D eigenvalue weighted by Crippen LogP contribution is 2.25. The number of carbonyl (C=O) groups excluding carboxylic acids is 2. The Morgan fingerprint density at radius 1 is 1.11 bits per heavy atom. The van der Waals surface area contributed by atoms with Crippen LogP contribution >= 0.6 is 0 Å². The number of nitrogens with zero attached hydrogens (tertiary/aromatic N) is 4. The Morgan fingerprint density at radius 2 is 1.86 bits per heavy atom. The second kappa shape index (κ2) is 8.05. The lowest BCUT2D eigenvalue weighted by Gasteiger charge is -2.42. The topological polar surface area (TPSA) is 116 Å². The molecule has 1 saturated heterocycles. The van der Waals surface area contributed by atoms with Gasteiger partial charge in [-0.3, -0.25) is 9.59 Å². The summed E-state index contributed by atoms with van der Waals surface area (Å²) in [4.78, 5) is 26.2. The van der Waals surface area contributed by atoms with E-state index >= 15 is 0 Å². The van der Waals surface area contributed by atoms with Gasteiger partial charge in [0.2, 0.25) is 11.7 Å². The molecule has 0 spiro atoms. The van der Waals surface area contributed by atoms with Crippen molar-refractivity contribution in [3.8, 4) is 11.4 Å². The Kier molecular flexibility index (Phi) is 5.34. The molecule has 0 radical (unpaired) electrons. The molecule has 2 aromatic rings. The third kappa shape index (κ3) is 3.89. The molecule has 2 atom stereocenters. The standard InChI is InChI=1S/C19H25N7O2/c1-12(27)26-10-8-13(9-11-26)20-16-6-7-17(16)21-19(28)15-5-3-2-4-14(15)18-22-24-25-23-18/h2-5,13,16-17,20H,6-11H2,1H3,(H,21,28)(H,22,23,24,25)/t16-,17+/m1/s1. The Bertz CT molecular complexity index is 831. The molecule has 1 aromatic carbocycles. The van der Waals surface area contributed by atoms with Crippen LogP contribution in [-0.4, -0.2) is 68.6 Å².